The molecule has 1 aromatic carbocycles. The summed E-state index contributed by atoms with van der Waals surface area (Å²) in [5, 5.41) is 19.4. The van der Waals surface area contributed by atoms with Gasteiger partial charge in [-0.1, -0.05) is 12.1 Å². The quantitative estimate of drug-likeness (QED) is 0.762. The van der Waals surface area contributed by atoms with E-state index in [-0.39, 0.29) is 11.9 Å². The van der Waals surface area contributed by atoms with Gasteiger partial charge in [-0.25, -0.2) is 4.98 Å². The smallest absolute Gasteiger partial charge is 0.251 e. The number of rotatable bonds is 6. The maximum atomic E-state index is 12.2. The van der Waals surface area contributed by atoms with Crippen molar-refractivity contribution in [3.05, 3.63) is 47.0 Å². The first-order chi connectivity index (χ1) is 10.7. The summed E-state index contributed by atoms with van der Waals surface area (Å²) < 4.78 is 0. The van der Waals surface area contributed by atoms with E-state index in [9.17, 15) is 9.90 Å². The van der Waals surface area contributed by atoms with Crippen molar-refractivity contribution in [3.8, 4) is 0 Å². The molecule has 1 amide bonds. The number of aryl methyl sites for hydroxylation is 2. The first-order valence-corrected chi connectivity index (χ1v) is 7.76. The molecule has 0 aliphatic rings. The topological polar surface area (TPSA) is 90.9 Å². The van der Waals surface area contributed by atoms with Crippen molar-refractivity contribution >= 4 is 5.91 Å². The zero-order chi connectivity index (χ0) is 17.0. The summed E-state index contributed by atoms with van der Waals surface area (Å²) in [5.74, 6) is 1.13. The van der Waals surface area contributed by atoms with E-state index >= 15 is 0 Å². The third-order valence-corrected chi connectivity index (χ3v) is 3.59. The average molecular weight is 316 g/mol. The summed E-state index contributed by atoms with van der Waals surface area (Å²) in [5.41, 5.74) is 1.01. The van der Waals surface area contributed by atoms with Crippen LogP contribution in [0, 0.1) is 6.92 Å². The Kier molecular flexibility index (Phi) is 5.15. The van der Waals surface area contributed by atoms with Gasteiger partial charge in [-0.2, -0.15) is 5.10 Å². The normalized spacial score (nSPS) is 12.9. The number of nitrogens with zero attached hydrogens (tertiary/aromatic N) is 2. The zero-order valence-corrected chi connectivity index (χ0v) is 14.1. The molecule has 3 N–H and O–H groups in total. The molecule has 0 saturated carbocycles. The molecule has 6 nitrogen and oxygen atoms in total. The average Bonchev–Trinajstić information content (AvgIpc) is 2.91. The highest BCUT2D eigenvalue weighted by molar-refractivity contribution is 5.94. The molecule has 2 aromatic rings. The Morgan fingerprint density at radius 2 is 2.00 bits per heavy atom. The summed E-state index contributed by atoms with van der Waals surface area (Å²) in [4.78, 5) is 16.5. The minimum Gasteiger partial charge on any atom is -0.390 e. The number of hydrogen-bond acceptors (Lipinski definition) is 4. The van der Waals surface area contributed by atoms with Crippen molar-refractivity contribution in [2.75, 3.05) is 0 Å². The van der Waals surface area contributed by atoms with Gasteiger partial charge in [0.15, 0.2) is 5.82 Å². The van der Waals surface area contributed by atoms with Crippen molar-refractivity contribution in [1.82, 2.24) is 20.5 Å². The molecule has 0 bridgehead atoms. The predicted molar refractivity (Wildman–Crippen MR) is 88.1 cm³/mol. The van der Waals surface area contributed by atoms with Crippen LogP contribution >= 0.6 is 0 Å². The summed E-state index contributed by atoms with van der Waals surface area (Å²) in [6.45, 7) is 7.25. The van der Waals surface area contributed by atoms with Crippen LogP contribution in [0.3, 0.4) is 0 Å². The van der Waals surface area contributed by atoms with Crippen LogP contribution in [0.1, 0.15) is 60.8 Å². The lowest BCUT2D eigenvalue weighted by atomic mass is 9.98. The largest absolute Gasteiger partial charge is 0.390 e. The molecule has 23 heavy (non-hydrogen) atoms. The van der Waals surface area contributed by atoms with E-state index in [1.807, 2.05) is 26.0 Å². The zero-order valence-electron chi connectivity index (χ0n) is 14.1. The van der Waals surface area contributed by atoms with Gasteiger partial charge in [-0.05, 0) is 58.2 Å². The second kappa shape index (κ2) is 6.91. The predicted octanol–water partition coefficient (Wildman–Crippen LogP) is 2.31. The summed E-state index contributed by atoms with van der Waals surface area (Å²) in [6, 6.07) is 7.17. The fourth-order valence-electron chi connectivity index (χ4n) is 2.17. The van der Waals surface area contributed by atoms with Crippen molar-refractivity contribution in [3.63, 3.8) is 0 Å². The minimum absolute atomic E-state index is 0.158. The Morgan fingerprint density at radius 1 is 1.35 bits per heavy atom. The van der Waals surface area contributed by atoms with Crippen LogP contribution in [0.25, 0.3) is 0 Å². The summed E-state index contributed by atoms with van der Waals surface area (Å²) >= 11 is 0. The van der Waals surface area contributed by atoms with Gasteiger partial charge < -0.3 is 10.4 Å². The van der Waals surface area contributed by atoms with Crippen LogP contribution in [0.4, 0.5) is 0 Å². The van der Waals surface area contributed by atoms with E-state index in [0.29, 0.717) is 17.8 Å². The Balaban J connectivity index is 1.94. The number of aromatic nitrogens is 3. The number of nitrogens with one attached hydrogen (secondary N) is 2. The Labute approximate surface area is 136 Å². The highest BCUT2D eigenvalue weighted by Crippen LogP contribution is 2.14. The number of aliphatic hydroxyl groups is 1. The van der Waals surface area contributed by atoms with E-state index in [2.05, 4.69) is 20.5 Å². The highest BCUT2D eigenvalue weighted by Gasteiger charge is 2.15. The molecule has 0 fully saturated rings. The SMILES string of the molecule is Cc1nc([C@H](C)NC(=O)c2ccc(CCC(C)(C)O)cc2)n[nH]1. The van der Waals surface area contributed by atoms with Crippen LogP contribution in [0.15, 0.2) is 24.3 Å². The number of benzene rings is 1. The molecule has 0 unspecified atom stereocenters. The molecule has 0 saturated heterocycles. The molecule has 2 rings (SSSR count). The standard InChI is InChI=1S/C17H24N4O2/c1-11(15-19-12(2)20-21-15)18-16(22)14-7-5-13(6-8-14)9-10-17(3,4)23/h5-8,11,23H,9-10H2,1-4H3,(H,18,22)(H,19,20,21)/t11-/m0/s1. The lowest BCUT2D eigenvalue weighted by molar-refractivity contribution is 0.0713. The molecule has 0 radical (unpaired) electrons. The van der Waals surface area contributed by atoms with Gasteiger partial charge in [-0.3, -0.25) is 9.89 Å². The lowest BCUT2D eigenvalue weighted by Gasteiger charge is -2.16. The Morgan fingerprint density at radius 3 is 2.52 bits per heavy atom. The number of aromatic amines is 1. The third-order valence-electron chi connectivity index (χ3n) is 3.59. The molecule has 0 aliphatic carbocycles. The van der Waals surface area contributed by atoms with Crippen molar-refractivity contribution < 1.29 is 9.90 Å². The second-order valence-electron chi connectivity index (χ2n) is 6.48. The van der Waals surface area contributed by atoms with E-state index in [4.69, 9.17) is 0 Å². The molecular formula is C17H24N4O2. The van der Waals surface area contributed by atoms with Crippen LogP contribution in [-0.4, -0.2) is 31.8 Å². The van der Waals surface area contributed by atoms with Gasteiger partial charge in [0, 0.05) is 5.56 Å². The van der Waals surface area contributed by atoms with E-state index < -0.39 is 5.60 Å². The summed E-state index contributed by atoms with van der Waals surface area (Å²) in [7, 11) is 0. The van der Waals surface area contributed by atoms with Gasteiger partial charge in [0.05, 0.1) is 11.6 Å². The van der Waals surface area contributed by atoms with Gasteiger partial charge in [0.2, 0.25) is 0 Å². The lowest BCUT2D eigenvalue weighted by Crippen LogP contribution is -2.27. The van der Waals surface area contributed by atoms with E-state index in [0.717, 1.165) is 17.8 Å². The molecule has 0 aliphatic heterocycles. The molecule has 1 atom stereocenters. The Bertz CT molecular complexity index is 656. The monoisotopic (exact) mass is 316 g/mol. The molecule has 0 spiro atoms. The van der Waals surface area contributed by atoms with E-state index in [1.165, 1.54) is 0 Å². The molecule has 124 valence electrons. The van der Waals surface area contributed by atoms with Gasteiger partial charge in [0.25, 0.3) is 5.91 Å². The van der Waals surface area contributed by atoms with E-state index in [1.54, 1.807) is 26.0 Å². The molecule has 1 aromatic heterocycles. The number of amides is 1. The molecule has 6 heteroatoms. The molecule has 1 heterocycles. The van der Waals surface area contributed by atoms with Crippen LogP contribution in [0.2, 0.25) is 0 Å². The van der Waals surface area contributed by atoms with Crippen molar-refractivity contribution in [2.45, 2.75) is 52.2 Å². The molecular weight excluding hydrogens is 292 g/mol. The number of H-pyrrole nitrogens is 1. The first-order valence-electron chi connectivity index (χ1n) is 7.76. The van der Waals surface area contributed by atoms with Gasteiger partial charge in [-0.15, -0.1) is 0 Å². The number of carbonyl (C=O) groups is 1. The Hall–Kier alpha value is -2.21. The fraction of sp³-hybridized carbons (Fsp3) is 0.471. The van der Waals surface area contributed by atoms with Crippen LogP contribution in [0.5, 0.6) is 0 Å². The minimum atomic E-state index is -0.680. The first kappa shape index (κ1) is 17.1. The van der Waals surface area contributed by atoms with Crippen LogP contribution < -0.4 is 5.32 Å². The highest BCUT2D eigenvalue weighted by atomic mass is 16.3. The fourth-order valence-corrected chi connectivity index (χ4v) is 2.17. The van der Waals surface area contributed by atoms with Gasteiger partial charge in [0.1, 0.15) is 5.82 Å². The number of hydrogen-bond donors (Lipinski definition) is 3. The third kappa shape index (κ3) is 5.17. The summed E-state index contributed by atoms with van der Waals surface area (Å²) in [6.07, 6.45) is 1.46. The number of carbonyl (C=O) groups excluding carboxylic acids is 1. The maximum absolute atomic E-state index is 12.2. The second-order valence-corrected chi connectivity index (χ2v) is 6.48. The van der Waals surface area contributed by atoms with Crippen molar-refractivity contribution in [2.24, 2.45) is 0 Å². The van der Waals surface area contributed by atoms with Gasteiger partial charge >= 0.3 is 0 Å². The van der Waals surface area contributed by atoms with Crippen LogP contribution in [-0.2, 0) is 6.42 Å². The maximum Gasteiger partial charge on any atom is 0.251 e. The van der Waals surface area contributed by atoms with Crippen molar-refractivity contribution in [1.29, 1.82) is 0 Å².